The maximum Gasteiger partial charge on any atom is 0.389 e. The Kier molecular flexibility index (Phi) is 6.25. The zero-order valence-electron chi connectivity index (χ0n) is 11.6. The lowest BCUT2D eigenvalue weighted by Gasteiger charge is -2.15. The van der Waals surface area contributed by atoms with Crippen molar-refractivity contribution < 1.29 is 18.0 Å². The van der Waals surface area contributed by atoms with Gasteiger partial charge in [-0.2, -0.15) is 13.2 Å². The number of hydrogen-bond donors (Lipinski definition) is 2. The van der Waals surface area contributed by atoms with Gasteiger partial charge in [0.05, 0.1) is 19.0 Å². The predicted molar refractivity (Wildman–Crippen MR) is 74.2 cm³/mol. The molecular formula is C15H17F3N2O. The van der Waals surface area contributed by atoms with Gasteiger partial charge in [0.2, 0.25) is 5.91 Å². The Labute approximate surface area is 121 Å². The van der Waals surface area contributed by atoms with Crippen LogP contribution in [-0.4, -0.2) is 18.6 Å². The molecule has 0 fully saturated rings. The van der Waals surface area contributed by atoms with Crippen molar-refractivity contribution in [2.45, 2.75) is 32.0 Å². The van der Waals surface area contributed by atoms with E-state index in [1.54, 1.807) is 31.2 Å². The summed E-state index contributed by atoms with van der Waals surface area (Å²) in [6.07, 6.45) is -5.99. The summed E-state index contributed by atoms with van der Waals surface area (Å²) in [7, 11) is 0. The third kappa shape index (κ3) is 6.82. The Hall–Kier alpha value is -2.00. The Morgan fingerprint density at radius 2 is 1.95 bits per heavy atom. The maximum absolute atomic E-state index is 12.0. The molecule has 0 aliphatic heterocycles. The molecule has 1 aromatic rings. The number of benzene rings is 1. The summed E-state index contributed by atoms with van der Waals surface area (Å²) in [5.41, 5.74) is 6.86. The summed E-state index contributed by atoms with van der Waals surface area (Å²) in [4.78, 5) is 11.4. The Balaban J connectivity index is 2.55. The number of rotatable bonds is 4. The smallest absolute Gasteiger partial charge is 0.350 e. The molecule has 1 aromatic carbocycles. The molecule has 0 saturated carbocycles. The fourth-order valence-electron chi connectivity index (χ4n) is 1.66. The van der Waals surface area contributed by atoms with Crippen LogP contribution in [0, 0.1) is 11.8 Å². The highest BCUT2D eigenvalue weighted by Gasteiger charge is 2.28. The maximum atomic E-state index is 12.0. The van der Waals surface area contributed by atoms with Gasteiger partial charge >= 0.3 is 6.18 Å². The van der Waals surface area contributed by atoms with Crippen LogP contribution in [-0.2, 0) is 4.79 Å². The summed E-state index contributed by atoms with van der Waals surface area (Å²) in [5.74, 6) is 4.96. The van der Waals surface area contributed by atoms with Gasteiger partial charge in [-0.25, -0.2) is 0 Å². The Morgan fingerprint density at radius 1 is 1.33 bits per heavy atom. The van der Waals surface area contributed by atoms with Crippen LogP contribution < -0.4 is 11.1 Å². The van der Waals surface area contributed by atoms with E-state index in [0.717, 1.165) is 11.1 Å². The van der Waals surface area contributed by atoms with E-state index in [2.05, 4.69) is 17.2 Å². The van der Waals surface area contributed by atoms with Gasteiger partial charge in [-0.3, -0.25) is 4.79 Å². The number of amides is 1. The number of carbonyl (C=O) groups is 1. The highest BCUT2D eigenvalue weighted by atomic mass is 19.4. The summed E-state index contributed by atoms with van der Waals surface area (Å²) >= 11 is 0. The molecular weight excluding hydrogens is 281 g/mol. The summed E-state index contributed by atoms with van der Waals surface area (Å²) in [5, 5.41) is 2.54. The van der Waals surface area contributed by atoms with Crippen molar-refractivity contribution in [1.29, 1.82) is 0 Å². The molecule has 0 spiro atoms. The van der Waals surface area contributed by atoms with Gasteiger partial charge in [0.1, 0.15) is 0 Å². The molecule has 3 nitrogen and oxygen atoms in total. The lowest BCUT2D eigenvalue weighted by molar-refractivity contribution is -0.144. The van der Waals surface area contributed by atoms with E-state index < -0.39 is 24.9 Å². The molecule has 0 bridgehead atoms. The first-order chi connectivity index (χ1) is 9.81. The highest BCUT2D eigenvalue weighted by Crippen LogP contribution is 2.21. The molecule has 1 rings (SSSR count). The first-order valence-electron chi connectivity index (χ1n) is 6.47. The van der Waals surface area contributed by atoms with Crippen molar-refractivity contribution in [3.8, 4) is 11.8 Å². The molecule has 21 heavy (non-hydrogen) atoms. The first-order valence-corrected chi connectivity index (χ1v) is 6.47. The molecule has 3 N–H and O–H groups in total. The van der Waals surface area contributed by atoms with E-state index in [9.17, 15) is 18.0 Å². The molecule has 114 valence electrons. The number of nitrogens with two attached hydrogens (primary N) is 1. The first kappa shape index (κ1) is 17.1. The highest BCUT2D eigenvalue weighted by molar-refractivity contribution is 5.76. The van der Waals surface area contributed by atoms with Crippen molar-refractivity contribution in [3.05, 3.63) is 35.4 Å². The van der Waals surface area contributed by atoms with E-state index in [-0.39, 0.29) is 12.6 Å². The third-order valence-electron chi connectivity index (χ3n) is 2.76. The predicted octanol–water partition coefficient (Wildman–Crippen LogP) is 2.52. The molecule has 1 unspecified atom stereocenters. The van der Waals surface area contributed by atoms with E-state index in [0.29, 0.717) is 0 Å². The monoisotopic (exact) mass is 298 g/mol. The third-order valence-corrected chi connectivity index (χ3v) is 2.76. The van der Waals surface area contributed by atoms with Gasteiger partial charge in [-0.1, -0.05) is 24.0 Å². The van der Waals surface area contributed by atoms with E-state index in [1.165, 1.54) is 0 Å². The van der Waals surface area contributed by atoms with Crippen molar-refractivity contribution in [2.75, 3.05) is 6.54 Å². The van der Waals surface area contributed by atoms with Gasteiger partial charge in [0.25, 0.3) is 0 Å². The van der Waals surface area contributed by atoms with Crippen LogP contribution in [0.15, 0.2) is 24.3 Å². The van der Waals surface area contributed by atoms with Crippen LogP contribution in [0.3, 0.4) is 0 Å². The van der Waals surface area contributed by atoms with Crippen LogP contribution in [0.25, 0.3) is 0 Å². The zero-order valence-corrected chi connectivity index (χ0v) is 11.6. The second-order valence-electron chi connectivity index (χ2n) is 4.53. The quantitative estimate of drug-likeness (QED) is 0.839. The summed E-state index contributed by atoms with van der Waals surface area (Å²) in [6, 6.07) is 6.74. The molecule has 0 aliphatic carbocycles. The van der Waals surface area contributed by atoms with Gasteiger partial charge in [-0.05, 0) is 24.6 Å². The second kappa shape index (κ2) is 7.70. The minimum Gasteiger partial charge on any atom is -0.350 e. The topological polar surface area (TPSA) is 55.1 Å². The largest absolute Gasteiger partial charge is 0.389 e. The van der Waals surface area contributed by atoms with E-state index >= 15 is 0 Å². The number of alkyl halides is 3. The van der Waals surface area contributed by atoms with Crippen molar-refractivity contribution in [2.24, 2.45) is 5.73 Å². The fraction of sp³-hybridized carbons (Fsp3) is 0.400. The summed E-state index contributed by atoms with van der Waals surface area (Å²) < 4.78 is 36.1. The average Bonchev–Trinajstić information content (AvgIpc) is 2.42. The Bertz CT molecular complexity index is 527. The van der Waals surface area contributed by atoms with Crippen LogP contribution in [0.4, 0.5) is 13.2 Å². The summed E-state index contributed by atoms with van der Waals surface area (Å²) in [6.45, 7) is 1.99. The molecule has 0 radical (unpaired) electrons. The van der Waals surface area contributed by atoms with Gasteiger partial charge in [-0.15, -0.1) is 0 Å². The van der Waals surface area contributed by atoms with Gasteiger partial charge < -0.3 is 11.1 Å². The molecule has 0 heterocycles. The van der Waals surface area contributed by atoms with Crippen LogP contribution >= 0.6 is 0 Å². The molecule has 6 heteroatoms. The van der Waals surface area contributed by atoms with Crippen molar-refractivity contribution >= 4 is 5.91 Å². The molecule has 1 atom stereocenters. The minimum atomic E-state index is -4.32. The average molecular weight is 298 g/mol. The number of halogens is 3. The van der Waals surface area contributed by atoms with E-state index in [1.807, 2.05) is 0 Å². The normalized spacial score (nSPS) is 12.2. The lowest BCUT2D eigenvalue weighted by Crippen LogP contribution is -2.27. The molecule has 0 aromatic heterocycles. The number of hydrogen-bond acceptors (Lipinski definition) is 2. The second-order valence-corrected chi connectivity index (χ2v) is 4.53. The van der Waals surface area contributed by atoms with Crippen molar-refractivity contribution in [3.63, 3.8) is 0 Å². The molecule has 0 saturated heterocycles. The SMILES string of the molecule is CC(NC(=O)CCC(F)(F)F)c1ccc(C#CCN)cc1. The van der Waals surface area contributed by atoms with Gasteiger partial charge in [0, 0.05) is 12.0 Å². The van der Waals surface area contributed by atoms with Crippen molar-refractivity contribution in [1.82, 2.24) is 5.32 Å². The minimum absolute atomic E-state index is 0.271. The fourth-order valence-corrected chi connectivity index (χ4v) is 1.66. The molecule has 1 amide bonds. The number of nitrogens with one attached hydrogen (secondary N) is 1. The van der Waals surface area contributed by atoms with Crippen LogP contribution in [0.1, 0.15) is 36.9 Å². The van der Waals surface area contributed by atoms with Gasteiger partial charge in [0.15, 0.2) is 0 Å². The van der Waals surface area contributed by atoms with E-state index in [4.69, 9.17) is 5.73 Å². The lowest BCUT2D eigenvalue weighted by atomic mass is 10.1. The Morgan fingerprint density at radius 3 is 2.48 bits per heavy atom. The van der Waals surface area contributed by atoms with Crippen LogP contribution in [0.2, 0.25) is 0 Å². The van der Waals surface area contributed by atoms with Crippen LogP contribution in [0.5, 0.6) is 0 Å². The number of carbonyl (C=O) groups excluding carboxylic acids is 1. The zero-order chi connectivity index (χ0) is 15.9. The molecule has 0 aliphatic rings. The standard InChI is InChI=1S/C15H17F3N2O/c1-11(20-14(21)8-9-15(16,17)18)13-6-4-12(5-7-13)3-2-10-19/h4-7,11H,8-10,19H2,1H3,(H,20,21).